The number of nitrogens with zero attached hydrogens (tertiary/aromatic N) is 2. The van der Waals surface area contributed by atoms with Crippen LogP contribution in [0.15, 0.2) is 53.4 Å². The number of piperazine rings is 1. The van der Waals surface area contributed by atoms with Crippen LogP contribution in [0.2, 0.25) is 5.02 Å². The van der Waals surface area contributed by atoms with Gasteiger partial charge in [-0.2, -0.15) is 4.31 Å². The third kappa shape index (κ3) is 4.98. The molecule has 0 aliphatic carbocycles. The molecule has 0 unspecified atom stereocenters. The monoisotopic (exact) mass is 435 g/mol. The normalized spacial score (nSPS) is 17.1. The summed E-state index contributed by atoms with van der Waals surface area (Å²) in [4.78, 5) is 15.1. The highest BCUT2D eigenvalue weighted by atomic mass is 35.5. The van der Waals surface area contributed by atoms with Crippen LogP contribution in [-0.2, 0) is 10.0 Å². The zero-order valence-corrected chi connectivity index (χ0v) is 18.2. The lowest BCUT2D eigenvalue weighted by Crippen LogP contribution is -2.47. The molecule has 1 heterocycles. The molecular formula is C21H26ClN3O3S. The molecule has 2 aromatic rings. The van der Waals surface area contributed by atoms with Crippen molar-refractivity contribution in [3.05, 3.63) is 64.7 Å². The highest BCUT2D eigenvalue weighted by Gasteiger charge is 2.28. The van der Waals surface area contributed by atoms with Crippen LogP contribution < -0.4 is 5.32 Å². The molecule has 2 aromatic carbocycles. The molecule has 1 N–H and O–H groups in total. The lowest BCUT2D eigenvalue weighted by molar-refractivity contribution is 0.0935. The van der Waals surface area contributed by atoms with Crippen molar-refractivity contribution in [1.29, 1.82) is 0 Å². The first-order valence-corrected chi connectivity index (χ1v) is 11.5. The predicted molar refractivity (Wildman–Crippen MR) is 115 cm³/mol. The van der Waals surface area contributed by atoms with Crippen molar-refractivity contribution in [2.45, 2.75) is 24.3 Å². The van der Waals surface area contributed by atoms with E-state index in [-0.39, 0.29) is 27.4 Å². The minimum Gasteiger partial charge on any atom is -0.345 e. The van der Waals surface area contributed by atoms with E-state index in [0.717, 1.165) is 5.56 Å². The summed E-state index contributed by atoms with van der Waals surface area (Å²) in [7, 11) is -1.71. The maximum Gasteiger partial charge on any atom is 0.253 e. The fourth-order valence-corrected chi connectivity index (χ4v) is 5.01. The van der Waals surface area contributed by atoms with Gasteiger partial charge in [-0.05, 0) is 37.2 Å². The van der Waals surface area contributed by atoms with Gasteiger partial charge in [0.2, 0.25) is 10.0 Å². The molecule has 1 saturated heterocycles. The maximum absolute atomic E-state index is 13.0. The Morgan fingerprint density at radius 1 is 1.10 bits per heavy atom. The van der Waals surface area contributed by atoms with Crippen molar-refractivity contribution in [2.24, 2.45) is 0 Å². The standard InChI is InChI=1S/C21H26ClN3O3S/c1-3-20(16-7-5-4-6-8-16)23-21(26)18-15-17(9-10-19(18)22)29(27,28)25-13-11-24(2)12-14-25/h4-10,15,20H,3,11-14H2,1-2H3,(H,23,26)/t20-/m1/s1. The summed E-state index contributed by atoms with van der Waals surface area (Å²) < 4.78 is 27.5. The molecule has 1 amide bonds. The van der Waals surface area contributed by atoms with Gasteiger partial charge in [-0.3, -0.25) is 4.79 Å². The van der Waals surface area contributed by atoms with Crippen LogP contribution in [0.4, 0.5) is 0 Å². The Bertz CT molecular complexity index is 958. The van der Waals surface area contributed by atoms with Gasteiger partial charge in [0.05, 0.1) is 21.5 Å². The minimum absolute atomic E-state index is 0.0874. The van der Waals surface area contributed by atoms with Crippen molar-refractivity contribution in [1.82, 2.24) is 14.5 Å². The predicted octanol–water partition coefficient (Wildman–Crippen LogP) is 3.16. The van der Waals surface area contributed by atoms with E-state index in [1.165, 1.54) is 22.5 Å². The summed E-state index contributed by atoms with van der Waals surface area (Å²) in [6, 6.07) is 13.8. The van der Waals surface area contributed by atoms with E-state index in [1.54, 1.807) is 0 Å². The van der Waals surface area contributed by atoms with E-state index in [1.807, 2.05) is 44.3 Å². The van der Waals surface area contributed by atoms with Crippen LogP contribution in [0.3, 0.4) is 0 Å². The number of halogens is 1. The van der Waals surface area contributed by atoms with Crippen molar-refractivity contribution < 1.29 is 13.2 Å². The van der Waals surface area contributed by atoms with Gasteiger partial charge < -0.3 is 10.2 Å². The molecule has 29 heavy (non-hydrogen) atoms. The molecule has 0 saturated carbocycles. The highest BCUT2D eigenvalue weighted by Crippen LogP contribution is 2.25. The van der Waals surface area contributed by atoms with E-state index in [0.29, 0.717) is 32.6 Å². The summed E-state index contributed by atoms with van der Waals surface area (Å²) in [5.41, 5.74) is 1.15. The molecule has 1 fully saturated rings. The maximum atomic E-state index is 13.0. The molecule has 0 radical (unpaired) electrons. The fourth-order valence-electron chi connectivity index (χ4n) is 3.36. The number of sulfonamides is 1. The lowest BCUT2D eigenvalue weighted by Gasteiger charge is -2.31. The number of hydrogen-bond acceptors (Lipinski definition) is 4. The van der Waals surface area contributed by atoms with Gasteiger partial charge in [0, 0.05) is 26.2 Å². The summed E-state index contributed by atoms with van der Waals surface area (Å²) in [6.45, 7) is 4.18. The smallest absolute Gasteiger partial charge is 0.253 e. The summed E-state index contributed by atoms with van der Waals surface area (Å²) in [5.74, 6) is -0.388. The van der Waals surface area contributed by atoms with Crippen molar-refractivity contribution in [3.63, 3.8) is 0 Å². The highest BCUT2D eigenvalue weighted by molar-refractivity contribution is 7.89. The second-order valence-corrected chi connectivity index (χ2v) is 9.54. The van der Waals surface area contributed by atoms with Gasteiger partial charge in [0.15, 0.2) is 0 Å². The Morgan fingerprint density at radius 2 is 1.76 bits per heavy atom. The first-order valence-electron chi connectivity index (χ1n) is 9.67. The molecule has 1 aliphatic heterocycles. The number of nitrogens with one attached hydrogen (secondary N) is 1. The van der Waals surface area contributed by atoms with Crippen LogP contribution >= 0.6 is 11.6 Å². The lowest BCUT2D eigenvalue weighted by atomic mass is 10.0. The number of benzene rings is 2. The number of hydrogen-bond donors (Lipinski definition) is 1. The molecule has 0 bridgehead atoms. The molecular weight excluding hydrogens is 410 g/mol. The van der Waals surface area contributed by atoms with Crippen LogP contribution in [0.25, 0.3) is 0 Å². The third-order valence-electron chi connectivity index (χ3n) is 5.20. The Kier molecular flexibility index (Phi) is 6.95. The molecule has 156 valence electrons. The van der Waals surface area contributed by atoms with E-state index in [9.17, 15) is 13.2 Å². The topological polar surface area (TPSA) is 69.7 Å². The number of likely N-dealkylation sites (N-methyl/N-ethyl adjacent to an activating group) is 1. The Hall–Kier alpha value is -1.93. The molecule has 6 nitrogen and oxygen atoms in total. The van der Waals surface area contributed by atoms with Gasteiger partial charge in [-0.25, -0.2) is 8.42 Å². The van der Waals surface area contributed by atoms with Crippen LogP contribution in [0.1, 0.15) is 35.3 Å². The van der Waals surface area contributed by atoms with Crippen molar-refractivity contribution in [2.75, 3.05) is 33.2 Å². The number of rotatable bonds is 6. The van der Waals surface area contributed by atoms with Gasteiger partial charge in [-0.1, -0.05) is 48.9 Å². The molecule has 1 atom stereocenters. The fraction of sp³-hybridized carbons (Fsp3) is 0.381. The first kappa shape index (κ1) is 21.8. The second kappa shape index (κ2) is 9.26. The zero-order chi connectivity index (χ0) is 21.0. The van der Waals surface area contributed by atoms with Crippen LogP contribution in [0.5, 0.6) is 0 Å². The summed E-state index contributed by atoms with van der Waals surface area (Å²) in [5, 5.41) is 3.19. The van der Waals surface area contributed by atoms with Crippen molar-refractivity contribution in [3.8, 4) is 0 Å². The summed E-state index contributed by atoms with van der Waals surface area (Å²) in [6.07, 6.45) is 0.701. The Morgan fingerprint density at radius 3 is 2.38 bits per heavy atom. The number of carbonyl (C=O) groups excluding carboxylic acids is 1. The summed E-state index contributed by atoms with van der Waals surface area (Å²) >= 11 is 6.24. The van der Waals surface area contributed by atoms with Gasteiger partial charge in [0.25, 0.3) is 5.91 Å². The van der Waals surface area contributed by atoms with Gasteiger partial charge in [0.1, 0.15) is 0 Å². The average Bonchev–Trinajstić information content (AvgIpc) is 2.73. The minimum atomic E-state index is -3.68. The average molecular weight is 436 g/mol. The quantitative estimate of drug-likeness (QED) is 0.756. The van der Waals surface area contributed by atoms with Crippen molar-refractivity contribution >= 4 is 27.5 Å². The molecule has 8 heteroatoms. The third-order valence-corrected chi connectivity index (χ3v) is 7.42. The van der Waals surface area contributed by atoms with Gasteiger partial charge in [-0.15, -0.1) is 0 Å². The van der Waals surface area contributed by atoms with Crippen LogP contribution in [-0.4, -0.2) is 56.8 Å². The van der Waals surface area contributed by atoms with E-state index in [4.69, 9.17) is 11.6 Å². The van der Waals surface area contributed by atoms with Crippen LogP contribution in [0, 0.1) is 0 Å². The molecule has 0 aromatic heterocycles. The molecule has 0 spiro atoms. The number of carbonyl (C=O) groups is 1. The van der Waals surface area contributed by atoms with E-state index < -0.39 is 10.0 Å². The first-order chi connectivity index (χ1) is 13.8. The van der Waals surface area contributed by atoms with E-state index >= 15 is 0 Å². The van der Waals surface area contributed by atoms with E-state index in [2.05, 4.69) is 10.2 Å². The SMILES string of the molecule is CC[C@@H](NC(=O)c1cc(S(=O)(=O)N2CCN(C)CC2)ccc1Cl)c1ccccc1. The second-order valence-electron chi connectivity index (χ2n) is 7.19. The largest absolute Gasteiger partial charge is 0.345 e. The zero-order valence-electron chi connectivity index (χ0n) is 16.6. The Balaban J connectivity index is 1.84. The molecule has 3 rings (SSSR count). The number of amides is 1. The Labute approximate surface area is 177 Å². The van der Waals surface area contributed by atoms with Gasteiger partial charge >= 0.3 is 0 Å². The molecule has 1 aliphatic rings.